The van der Waals surface area contributed by atoms with Gasteiger partial charge in [-0.1, -0.05) is 32.0 Å². The van der Waals surface area contributed by atoms with Crippen LogP contribution in [0, 0.1) is 6.92 Å². The summed E-state index contributed by atoms with van der Waals surface area (Å²) in [6.07, 6.45) is 2.57. The molecule has 0 radical (unpaired) electrons. The lowest BCUT2D eigenvalue weighted by Crippen LogP contribution is -2.45. The molecule has 158 valence electrons. The van der Waals surface area contributed by atoms with Crippen LogP contribution in [0.1, 0.15) is 57.0 Å². The lowest BCUT2D eigenvalue weighted by atomic mass is 9.97. The molecular formula is C25H36N2O2. The van der Waals surface area contributed by atoms with Crippen LogP contribution in [0.15, 0.2) is 24.3 Å². The van der Waals surface area contributed by atoms with Crippen molar-refractivity contribution in [2.75, 3.05) is 19.7 Å². The summed E-state index contributed by atoms with van der Waals surface area (Å²) in [6.45, 7) is 16.2. The molecule has 0 unspecified atom stereocenters. The van der Waals surface area contributed by atoms with E-state index >= 15 is 0 Å². The summed E-state index contributed by atoms with van der Waals surface area (Å²) in [5.74, 6) is 0.961. The Kier molecular flexibility index (Phi) is 7.31. The van der Waals surface area contributed by atoms with E-state index < -0.39 is 0 Å². The number of aryl methyl sites for hydroxylation is 3. The Morgan fingerprint density at radius 1 is 1.07 bits per heavy atom. The van der Waals surface area contributed by atoms with Crippen LogP contribution in [0.3, 0.4) is 0 Å². The molecule has 29 heavy (non-hydrogen) atoms. The maximum Gasteiger partial charge on any atom is 0.127 e. The minimum absolute atomic E-state index is 0.256. The highest BCUT2D eigenvalue weighted by Crippen LogP contribution is 2.32. The zero-order chi connectivity index (χ0) is 21.0. The average Bonchev–Trinajstić information content (AvgIpc) is 2.69. The maximum absolute atomic E-state index is 6.10. The van der Waals surface area contributed by atoms with E-state index in [1.54, 1.807) is 0 Å². The second-order valence-corrected chi connectivity index (χ2v) is 8.15. The van der Waals surface area contributed by atoms with Crippen molar-refractivity contribution in [2.24, 2.45) is 0 Å². The fraction of sp³-hybridized carbons (Fsp3) is 0.560. The van der Waals surface area contributed by atoms with Gasteiger partial charge in [0, 0.05) is 42.5 Å². The van der Waals surface area contributed by atoms with Crippen LogP contribution < -0.4 is 4.74 Å². The normalized spacial score (nSPS) is 20.1. The Morgan fingerprint density at radius 3 is 2.41 bits per heavy atom. The van der Waals surface area contributed by atoms with Crippen molar-refractivity contribution < 1.29 is 9.47 Å². The van der Waals surface area contributed by atoms with Gasteiger partial charge >= 0.3 is 0 Å². The highest BCUT2D eigenvalue weighted by Gasteiger charge is 2.24. The second kappa shape index (κ2) is 9.73. The van der Waals surface area contributed by atoms with E-state index in [2.05, 4.69) is 63.8 Å². The Bertz CT molecular complexity index is 824. The molecular weight excluding hydrogens is 360 g/mol. The minimum atomic E-state index is 0.256. The standard InChI is InChI=1S/C25H36N2O2/c1-7-20-10-11-22(21(8-2)12-20)24-13-25(28-9-3)23(19(6)26-24)16-27-14-17(4)29-18(5)15-27/h10-13,17-18H,7-9,14-16H2,1-6H3/t17-,18+. The molecule has 0 aliphatic carbocycles. The van der Waals surface area contributed by atoms with Gasteiger partial charge in [-0.15, -0.1) is 0 Å². The van der Waals surface area contributed by atoms with Crippen molar-refractivity contribution in [2.45, 2.75) is 73.1 Å². The van der Waals surface area contributed by atoms with Gasteiger partial charge in [0.1, 0.15) is 5.75 Å². The van der Waals surface area contributed by atoms with Gasteiger partial charge in [-0.25, -0.2) is 0 Å². The zero-order valence-electron chi connectivity index (χ0n) is 18.9. The van der Waals surface area contributed by atoms with Crippen LogP contribution in [0.5, 0.6) is 5.75 Å². The lowest BCUT2D eigenvalue weighted by Gasteiger charge is -2.35. The summed E-state index contributed by atoms with van der Waals surface area (Å²) in [5, 5.41) is 0. The molecule has 0 spiro atoms. The lowest BCUT2D eigenvalue weighted by molar-refractivity contribution is -0.0707. The van der Waals surface area contributed by atoms with E-state index in [0.717, 1.165) is 49.6 Å². The van der Waals surface area contributed by atoms with Crippen LogP contribution >= 0.6 is 0 Å². The molecule has 1 aromatic heterocycles. The number of nitrogens with zero attached hydrogens (tertiary/aromatic N) is 2. The highest BCUT2D eigenvalue weighted by molar-refractivity contribution is 5.67. The number of aromatic nitrogens is 1. The molecule has 0 N–H and O–H groups in total. The number of hydrogen-bond acceptors (Lipinski definition) is 4. The van der Waals surface area contributed by atoms with Crippen LogP contribution in [0.25, 0.3) is 11.3 Å². The molecule has 1 aromatic carbocycles. The van der Waals surface area contributed by atoms with Crippen LogP contribution in [0.2, 0.25) is 0 Å². The molecule has 1 saturated heterocycles. The number of benzene rings is 1. The molecule has 0 amide bonds. The fourth-order valence-electron chi connectivity index (χ4n) is 4.33. The summed E-state index contributed by atoms with van der Waals surface area (Å²) < 4.78 is 12.0. The van der Waals surface area contributed by atoms with Gasteiger partial charge in [-0.3, -0.25) is 9.88 Å². The van der Waals surface area contributed by atoms with Crippen molar-refractivity contribution in [3.63, 3.8) is 0 Å². The molecule has 4 nitrogen and oxygen atoms in total. The number of morpholine rings is 1. The maximum atomic E-state index is 6.10. The molecule has 1 aliphatic heterocycles. The largest absolute Gasteiger partial charge is 0.493 e. The first kappa shape index (κ1) is 21.8. The fourth-order valence-corrected chi connectivity index (χ4v) is 4.33. The van der Waals surface area contributed by atoms with E-state index in [9.17, 15) is 0 Å². The summed E-state index contributed by atoms with van der Waals surface area (Å²) in [5.41, 5.74) is 7.20. The first-order valence-corrected chi connectivity index (χ1v) is 11.1. The summed E-state index contributed by atoms with van der Waals surface area (Å²) in [4.78, 5) is 7.47. The molecule has 1 fully saturated rings. The predicted molar refractivity (Wildman–Crippen MR) is 120 cm³/mol. The van der Waals surface area contributed by atoms with E-state index in [1.807, 2.05) is 6.92 Å². The minimum Gasteiger partial charge on any atom is -0.493 e. The average molecular weight is 397 g/mol. The smallest absolute Gasteiger partial charge is 0.127 e. The molecule has 2 atom stereocenters. The molecule has 0 bridgehead atoms. The number of hydrogen-bond donors (Lipinski definition) is 0. The molecule has 3 rings (SSSR count). The van der Waals surface area contributed by atoms with Gasteiger partial charge < -0.3 is 9.47 Å². The Hall–Kier alpha value is -1.91. The Balaban J connectivity index is 1.96. The molecule has 2 heterocycles. The zero-order valence-corrected chi connectivity index (χ0v) is 18.9. The number of rotatable bonds is 7. The van der Waals surface area contributed by atoms with E-state index in [0.29, 0.717) is 6.61 Å². The van der Waals surface area contributed by atoms with Crippen molar-refractivity contribution in [1.82, 2.24) is 9.88 Å². The van der Waals surface area contributed by atoms with Gasteiger partial charge in [0.15, 0.2) is 0 Å². The number of ether oxygens (including phenoxy) is 2. The van der Waals surface area contributed by atoms with Crippen molar-refractivity contribution in [1.29, 1.82) is 0 Å². The third-order valence-corrected chi connectivity index (χ3v) is 5.70. The van der Waals surface area contributed by atoms with Crippen LogP contribution in [0.4, 0.5) is 0 Å². The van der Waals surface area contributed by atoms with Gasteiger partial charge in [-0.2, -0.15) is 0 Å². The SMILES string of the molecule is CCOc1cc(-c2ccc(CC)cc2CC)nc(C)c1CN1C[C@@H](C)O[C@@H](C)C1. The molecule has 4 heteroatoms. The monoisotopic (exact) mass is 396 g/mol. The Morgan fingerprint density at radius 2 is 1.79 bits per heavy atom. The quantitative estimate of drug-likeness (QED) is 0.645. The van der Waals surface area contributed by atoms with E-state index in [4.69, 9.17) is 14.5 Å². The van der Waals surface area contributed by atoms with Crippen molar-refractivity contribution in [3.05, 3.63) is 46.6 Å². The van der Waals surface area contributed by atoms with E-state index in [1.165, 1.54) is 22.3 Å². The topological polar surface area (TPSA) is 34.6 Å². The molecule has 2 aromatic rings. The van der Waals surface area contributed by atoms with Gasteiger partial charge in [0.2, 0.25) is 0 Å². The van der Waals surface area contributed by atoms with Gasteiger partial charge in [0.25, 0.3) is 0 Å². The molecule has 0 saturated carbocycles. The van der Waals surface area contributed by atoms with Crippen molar-refractivity contribution >= 4 is 0 Å². The third-order valence-electron chi connectivity index (χ3n) is 5.70. The van der Waals surface area contributed by atoms with Crippen molar-refractivity contribution in [3.8, 4) is 17.0 Å². The first-order valence-electron chi connectivity index (χ1n) is 11.1. The highest BCUT2D eigenvalue weighted by atomic mass is 16.5. The Labute approximate surface area is 176 Å². The number of pyridine rings is 1. The van der Waals surface area contributed by atoms with E-state index in [-0.39, 0.29) is 12.2 Å². The van der Waals surface area contributed by atoms with Crippen LogP contribution in [-0.2, 0) is 24.1 Å². The summed E-state index contributed by atoms with van der Waals surface area (Å²) >= 11 is 0. The predicted octanol–water partition coefficient (Wildman–Crippen LogP) is 5.19. The van der Waals surface area contributed by atoms with Gasteiger partial charge in [0.05, 0.1) is 24.5 Å². The molecule has 1 aliphatic rings. The summed E-state index contributed by atoms with van der Waals surface area (Å²) in [7, 11) is 0. The first-order chi connectivity index (χ1) is 13.9. The summed E-state index contributed by atoms with van der Waals surface area (Å²) in [6, 6.07) is 8.90. The van der Waals surface area contributed by atoms with Crippen LogP contribution in [-0.4, -0.2) is 41.8 Å². The van der Waals surface area contributed by atoms with Gasteiger partial charge in [-0.05, 0) is 51.7 Å². The third kappa shape index (κ3) is 5.18. The second-order valence-electron chi connectivity index (χ2n) is 8.15.